The van der Waals surface area contributed by atoms with Crippen molar-refractivity contribution in [1.82, 2.24) is 0 Å². The molecule has 1 aromatic rings. The minimum absolute atomic E-state index is 0.257. The monoisotopic (exact) mass is 236 g/mol. The Morgan fingerprint density at radius 2 is 1.88 bits per heavy atom. The molecule has 3 nitrogen and oxygen atoms in total. The second-order valence-electron chi connectivity index (χ2n) is 4.33. The molecule has 2 atom stereocenters. The van der Waals surface area contributed by atoms with Gasteiger partial charge < -0.3 is 9.84 Å². The predicted molar refractivity (Wildman–Crippen MR) is 67.0 cm³/mol. The first-order chi connectivity index (χ1) is 8.04. The molecule has 0 heterocycles. The molecule has 94 valence electrons. The fraction of sp³-hybridized carbons (Fsp3) is 0.500. The lowest BCUT2D eigenvalue weighted by atomic mass is 10.0. The van der Waals surface area contributed by atoms with E-state index in [9.17, 15) is 4.79 Å². The van der Waals surface area contributed by atoms with Crippen LogP contribution in [0.5, 0.6) is 0 Å². The lowest BCUT2D eigenvalue weighted by Crippen LogP contribution is -2.08. The van der Waals surface area contributed by atoms with Crippen LogP contribution in [0, 0.1) is 0 Å². The van der Waals surface area contributed by atoms with Gasteiger partial charge in [-0.15, -0.1) is 0 Å². The third-order valence-electron chi connectivity index (χ3n) is 2.96. The van der Waals surface area contributed by atoms with Gasteiger partial charge in [-0.2, -0.15) is 0 Å². The summed E-state index contributed by atoms with van der Waals surface area (Å²) in [5.41, 5.74) is 1.90. The van der Waals surface area contributed by atoms with Gasteiger partial charge in [-0.05, 0) is 31.4 Å². The van der Waals surface area contributed by atoms with Crippen molar-refractivity contribution in [3.05, 3.63) is 35.4 Å². The number of aliphatic carboxylic acids is 1. The molecule has 0 amide bonds. The number of rotatable bonds is 6. The molecule has 0 aromatic heterocycles. The van der Waals surface area contributed by atoms with Gasteiger partial charge in [0.05, 0.1) is 18.6 Å². The summed E-state index contributed by atoms with van der Waals surface area (Å²) in [4.78, 5) is 10.8. The van der Waals surface area contributed by atoms with E-state index in [4.69, 9.17) is 9.84 Å². The predicted octanol–water partition coefficient (Wildman–Crippen LogP) is 3.19. The van der Waals surface area contributed by atoms with Gasteiger partial charge in [-0.25, -0.2) is 0 Å². The molecule has 1 N–H and O–H groups in total. The van der Waals surface area contributed by atoms with Crippen LogP contribution in [0.15, 0.2) is 24.3 Å². The number of carboxylic acids is 1. The molecule has 3 heteroatoms. The van der Waals surface area contributed by atoms with Crippen LogP contribution in [0.2, 0.25) is 0 Å². The number of ether oxygens (including phenoxy) is 1. The number of hydrogen-bond donors (Lipinski definition) is 1. The highest BCUT2D eigenvalue weighted by Crippen LogP contribution is 2.16. The van der Waals surface area contributed by atoms with Gasteiger partial charge in [0.25, 0.3) is 0 Å². The number of hydrogen-bond acceptors (Lipinski definition) is 2. The second kappa shape index (κ2) is 6.40. The number of benzene rings is 1. The third-order valence-corrected chi connectivity index (χ3v) is 2.96. The van der Waals surface area contributed by atoms with Gasteiger partial charge in [0.15, 0.2) is 0 Å². The van der Waals surface area contributed by atoms with E-state index in [2.05, 4.69) is 6.92 Å². The van der Waals surface area contributed by atoms with E-state index >= 15 is 0 Å². The van der Waals surface area contributed by atoms with Gasteiger partial charge in [0, 0.05) is 0 Å². The Morgan fingerprint density at radius 1 is 1.29 bits per heavy atom. The van der Waals surface area contributed by atoms with Crippen molar-refractivity contribution in [1.29, 1.82) is 0 Å². The summed E-state index contributed by atoms with van der Waals surface area (Å²) in [6.45, 7) is 6.40. The molecule has 0 saturated carbocycles. The molecule has 0 saturated heterocycles. The van der Waals surface area contributed by atoms with Gasteiger partial charge in [0.2, 0.25) is 0 Å². The van der Waals surface area contributed by atoms with Crippen molar-refractivity contribution in [3.63, 3.8) is 0 Å². The van der Waals surface area contributed by atoms with Crippen molar-refractivity contribution in [3.8, 4) is 0 Å². The summed E-state index contributed by atoms with van der Waals surface area (Å²) in [5.74, 6) is -1.26. The highest BCUT2D eigenvalue weighted by Gasteiger charge is 2.12. The summed E-state index contributed by atoms with van der Waals surface area (Å²) >= 11 is 0. The minimum Gasteiger partial charge on any atom is -0.481 e. The number of carbonyl (C=O) groups is 1. The van der Waals surface area contributed by atoms with E-state index in [0.717, 1.165) is 17.5 Å². The smallest absolute Gasteiger partial charge is 0.310 e. The average molecular weight is 236 g/mol. The van der Waals surface area contributed by atoms with Gasteiger partial charge in [0.1, 0.15) is 0 Å². The molecule has 2 unspecified atom stereocenters. The Morgan fingerprint density at radius 3 is 2.35 bits per heavy atom. The van der Waals surface area contributed by atoms with E-state index < -0.39 is 11.9 Å². The zero-order chi connectivity index (χ0) is 12.8. The van der Waals surface area contributed by atoms with Crippen LogP contribution in [-0.2, 0) is 16.1 Å². The van der Waals surface area contributed by atoms with Crippen LogP contribution < -0.4 is 0 Å². The summed E-state index contributed by atoms with van der Waals surface area (Å²) in [7, 11) is 0. The first kappa shape index (κ1) is 13.7. The van der Waals surface area contributed by atoms with Crippen LogP contribution in [0.1, 0.15) is 44.2 Å². The van der Waals surface area contributed by atoms with Crippen LogP contribution >= 0.6 is 0 Å². The van der Waals surface area contributed by atoms with Crippen molar-refractivity contribution in [2.45, 2.75) is 45.8 Å². The molecule has 17 heavy (non-hydrogen) atoms. The molecule has 0 radical (unpaired) electrons. The topological polar surface area (TPSA) is 46.5 Å². The summed E-state index contributed by atoms with van der Waals surface area (Å²) < 4.78 is 5.61. The largest absolute Gasteiger partial charge is 0.481 e. The zero-order valence-corrected chi connectivity index (χ0v) is 10.6. The Bertz CT molecular complexity index is 356. The standard InChI is InChI=1S/C14H20O3/c1-4-10(2)17-9-12-5-7-13(8-6-12)11(3)14(15)16/h5-8,10-11H,4,9H2,1-3H3,(H,15,16). The van der Waals surface area contributed by atoms with Crippen molar-refractivity contribution < 1.29 is 14.6 Å². The normalized spacial score (nSPS) is 14.3. The maximum absolute atomic E-state index is 10.8. The second-order valence-corrected chi connectivity index (χ2v) is 4.33. The first-order valence-electron chi connectivity index (χ1n) is 5.97. The molecule has 1 aromatic carbocycles. The fourth-order valence-corrected chi connectivity index (χ4v) is 1.40. The first-order valence-corrected chi connectivity index (χ1v) is 5.97. The molecular weight excluding hydrogens is 216 g/mol. The van der Waals surface area contributed by atoms with Gasteiger partial charge in [-0.3, -0.25) is 4.79 Å². The Kier molecular flexibility index (Phi) is 5.16. The highest BCUT2D eigenvalue weighted by atomic mass is 16.5. The lowest BCUT2D eigenvalue weighted by molar-refractivity contribution is -0.138. The van der Waals surface area contributed by atoms with E-state index in [0.29, 0.717) is 6.61 Å². The fourth-order valence-electron chi connectivity index (χ4n) is 1.40. The van der Waals surface area contributed by atoms with E-state index in [-0.39, 0.29) is 6.10 Å². The van der Waals surface area contributed by atoms with Gasteiger partial charge in [-0.1, -0.05) is 31.2 Å². The van der Waals surface area contributed by atoms with Crippen LogP contribution in [0.3, 0.4) is 0 Å². The third kappa shape index (κ3) is 4.19. The maximum Gasteiger partial charge on any atom is 0.310 e. The molecule has 0 aliphatic heterocycles. The molecule has 0 fully saturated rings. The molecule has 1 rings (SSSR count). The SMILES string of the molecule is CCC(C)OCc1ccc(C(C)C(=O)O)cc1. The molecular formula is C14H20O3. The lowest BCUT2D eigenvalue weighted by Gasteiger charge is -2.11. The number of carboxylic acid groups (broad SMARTS) is 1. The van der Waals surface area contributed by atoms with Gasteiger partial charge >= 0.3 is 5.97 Å². The quantitative estimate of drug-likeness (QED) is 0.825. The average Bonchev–Trinajstić information content (AvgIpc) is 2.35. The summed E-state index contributed by atoms with van der Waals surface area (Å²) in [6.07, 6.45) is 1.25. The Hall–Kier alpha value is -1.35. The molecule has 0 bridgehead atoms. The van der Waals surface area contributed by atoms with Crippen molar-refractivity contribution in [2.75, 3.05) is 0 Å². The van der Waals surface area contributed by atoms with E-state index in [1.165, 1.54) is 0 Å². The van der Waals surface area contributed by atoms with Crippen molar-refractivity contribution >= 4 is 5.97 Å². The zero-order valence-electron chi connectivity index (χ0n) is 10.6. The highest BCUT2D eigenvalue weighted by molar-refractivity contribution is 5.75. The molecule has 0 aliphatic rings. The Balaban J connectivity index is 2.59. The maximum atomic E-state index is 10.8. The van der Waals surface area contributed by atoms with Crippen LogP contribution in [0.4, 0.5) is 0 Å². The summed E-state index contributed by atoms with van der Waals surface area (Å²) in [6, 6.07) is 7.57. The molecule has 0 aliphatic carbocycles. The van der Waals surface area contributed by atoms with Crippen LogP contribution in [-0.4, -0.2) is 17.2 Å². The minimum atomic E-state index is -0.798. The molecule has 0 spiro atoms. The summed E-state index contributed by atoms with van der Waals surface area (Å²) in [5, 5.41) is 8.89. The van der Waals surface area contributed by atoms with Crippen LogP contribution in [0.25, 0.3) is 0 Å². The van der Waals surface area contributed by atoms with E-state index in [1.807, 2.05) is 31.2 Å². The van der Waals surface area contributed by atoms with E-state index in [1.54, 1.807) is 6.92 Å². The Labute approximate surface area is 102 Å². The van der Waals surface area contributed by atoms with Crippen molar-refractivity contribution in [2.24, 2.45) is 0 Å².